The van der Waals surface area contributed by atoms with E-state index in [1.54, 1.807) is 18.4 Å². The Bertz CT molecular complexity index is 495. The molecule has 2 heterocycles. The second-order valence-electron chi connectivity index (χ2n) is 3.33. The smallest absolute Gasteiger partial charge is 0.321 e. The van der Waals surface area contributed by atoms with Gasteiger partial charge in [0.25, 0.3) is 0 Å². The number of methoxy groups -OCH3 is 1. The summed E-state index contributed by atoms with van der Waals surface area (Å²) >= 11 is 1.54. The van der Waals surface area contributed by atoms with Gasteiger partial charge in [-0.2, -0.15) is 4.98 Å². The number of nitrogens with one attached hydrogen (secondary N) is 1. The molecule has 0 bridgehead atoms. The highest BCUT2D eigenvalue weighted by Crippen LogP contribution is 2.36. The van der Waals surface area contributed by atoms with Crippen molar-refractivity contribution < 1.29 is 14.4 Å². The van der Waals surface area contributed by atoms with E-state index in [-0.39, 0.29) is 6.61 Å². The van der Waals surface area contributed by atoms with Crippen LogP contribution in [0.25, 0.3) is 10.7 Å². The molecule has 0 aliphatic heterocycles. The first-order valence-electron chi connectivity index (χ1n) is 5.08. The van der Waals surface area contributed by atoms with Crippen molar-refractivity contribution in [2.75, 3.05) is 25.6 Å². The summed E-state index contributed by atoms with van der Waals surface area (Å²) in [5.41, 5.74) is 0. The molecule has 92 valence electrons. The summed E-state index contributed by atoms with van der Waals surface area (Å²) in [4.78, 5) is 6.13. The normalized spacial score (nSPS) is 10.5. The lowest BCUT2D eigenvalue weighted by Gasteiger charge is -1.96. The quantitative estimate of drug-likeness (QED) is 0.843. The Balaban J connectivity index is 2.23. The zero-order valence-corrected chi connectivity index (χ0v) is 10.4. The molecule has 0 saturated carbocycles. The predicted molar refractivity (Wildman–Crippen MR) is 64.5 cm³/mol. The van der Waals surface area contributed by atoms with Crippen LogP contribution >= 0.6 is 11.3 Å². The molecule has 0 amide bonds. The van der Waals surface area contributed by atoms with Gasteiger partial charge in [0.2, 0.25) is 5.82 Å². The fourth-order valence-corrected chi connectivity index (χ4v) is 2.25. The van der Waals surface area contributed by atoms with E-state index in [1.807, 2.05) is 13.0 Å². The van der Waals surface area contributed by atoms with Crippen molar-refractivity contribution in [2.24, 2.45) is 0 Å². The SMILES string of the molecule is COc1cc(C)sc1-c1noc(NCCO)n1. The highest BCUT2D eigenvalue weighted by molar-refractivity contribution is 7.15. The molecule has 6 nitrogen and oxygen atoms in total. The highest BCUT2D eigenvalue weighted by Gasteiger charge is 2.16. The maximum atomic E-state index is 8.67. The van der Waals surface area contributed by atoms with E-state index >= 15 is 0 Å². The van der Waals surface area contributed by atoms with E-state index in [4.69, 9.17) is 14.4 Å². The predicted octanol–water partition coefficient (Wildman–Crippen LogP) is 1.52. The number of aryl methyl sites for hydroxylation is 1. The van der Waals surface area contributed by atoms with E-state index in [9.17, 15) is 0 Å². The van der Waals surface area contributed by atoms with Crippen molar-refractivity contribution >= 4 is 17.4 Å². The van der Waals surface area contributed by atoms with Crippen LogP contribution in [-0.4, -0.2) is 35.5 Å². The molecule has 0 saturated heterocycles. The first kappa shape index (κ1) is 11.9. The number of aliphatic hydroxyl groups excluding tert-OH is 1. The molecule has 0 aliphatic rings. The topological polar surface area (TPSA) is 80.4 Å². The summed E-state index contributed by atoms with van der Waals surface area (Å²) in [6.45, 7) is 2.38. The molecular weight excluding hydrogens is 242 g/mol. The van der Waals surface area contributed by atoms with Gasteiger partial charge in [0.1, 0.15) is 10.6 Å². The van der Waals surface area contributed by atoms with Gasteiger partial charge in [0.15, 0.2) is 0 Å². The minimum atomic E-state index is 0.0130. The molecule has 17 heavy (non-hydrogen) atoms. The Kier molecular flexibility index (Phi) is 3.60. The molecule has 2 aromatic heterocycles. The number of aliphatic hydroxyl groups is 1. The van der Waals surface area contributed by atoms with E-state index in [0.29, 0.717) is 18.4 Å². The Labute approximate surface area is 102 Å². The van der Waals surface area contributed by atoms with Gasteiger partial charge < -0.3 is 19.7 Å². The average molecular weight is 255 g/mol. The summed E-state index contributed by atoms with van der Waals surface area (Å²) in [5.74, 6) is 1.22. The van der Waals surface area contributed by atoms with Gasteiger partial charge in [-0.25, -0.2) is 0 Å². The molecule has 0 fully saturated rings. The minimum Gasteiger partial charge on any atom is -0.495 e. The van der Waals surface area contributed by atoms with Gasteiger partial charge >= 0.3 is 6.01 Å². The maximum Gasteiger partial charge on any atom is 0.321 e. The third-order valence-corrected chi connectivity index (χ3v) is 3.09. The Morgan fingerprint density at radius 2 is 2.41 bits per heavy atom. The minimum absolute atomic E-state index is 0.0130. The van der Waals surface area contributed by atoms with Crippen molar-refractivity contribution in [1.82, 2.24) is 10.1 Å². The Morgan fingerprint density at radius 3 is 3.12 bits per heavy atom. The largest absolute Gasteiger partial charge is 0.495 e. The molecular formula is C10H13N3O3S. The molecule has 0 aromatic carbocycles. The number of thiophene rings is 1. The van der Waals surface area contributed by atoms with Crippen LogP contribution in [0.15, 0.2) is 10.6 Å². The van der Waals surface area contributed by atoms with Gasteiger partial charge in [0.05, 0.1) is 13.7 Å². The molecule has 0 atom stereocenters. The third-order valence-electron chi connectivity index (χ3n) is 2.06. The van der Waals surface area contributed by atoms with Gasteiger partial charge in [0, 0.05) is 11.4 Å². The number of aromatic nitrogens is 2. The number of ether oxygens (including phenoxy) is 1. The van der Waals surface area contributed by atoms with E-state index in [0.717, 1.165) is 15.5 Å². The van der Waals surface area contributed by atoms with Crippen LogP contribution in [0.2, 0.25) is 0 Å². The van der Waals surface area contributed by atoms with Crippen LogP contribution in [0.5, 0.6) is 5.75 Å². The lowest BCUT2D eigenvalue weighted by Crippen LogP contribution is -2.05. The molecule has 0 spiro atoms. The number of anilines is 1. The fourth-order valence-electron chi connectivity index (χ4n) is 1.35. The van der Waals surface area contributed by atoms with Crippen LogP contribution in [0.3, 0.4) is 0 Å². The average Bonchev–Trinajstić information content (AvgIpc) is 2.92. The Morgan fingerprint density at radius 1 is 1.59 bits per heavy atom. The van der Waals surface area contributed by atoms with E-state index in [2.05, 4.69) is 15.5 Å². The van der Waals surface area contributed by atoms with Crippen molar-refractivity contribution in [1.29, 1.82) is 0 Å². The summed E-state index contributed by atoms with van der Waals surface area (Å²) in [6, 6.07) is 2.22. The molecule has 0 unspecified atom stereocenters. The first-order chi connectivity index (χ1) is 8.24. The summed E-state index contributed by atoms with van der Waals surface area (Å²) in [7, 11) is 1.61. The monoisotopic (exact) mass is 255 g/mol. The lowest BCUT2D eigenvalue weighted by molar-refractivity contribution is 0.308. The first-order valence-corrected chi connectivity index (χ1v) is 5.89. The van der Waals surface area contributed by atoms with Crippen LogP contribution < -0.4 is 10.1 Å². The number of hydrogen-bond acceptors (Lipinski definition) is 7. The molecule has 2 rings (SSSR count). The van der Waals surface area contributed by atoms with Crippen LogP contribution in [0.4, 0.5) is 6.01 Å². The van der Waals surface area contributed by atoms with E-state index in [1.165, 1.54) is 0 Å². The molecule has 0 radical (unpaired) electrons. The number of nitrogens with zero attached hydrogens (tertiary/aromatic N) is 2. The highest BCUT2D eigenvalue weighted by atomic mass is 32.1. The number of hydrogen-bond donors (Lipinski definition) is 2. The second kappa shape index (κ2) is 5.15. The van der Waals surface area contributed by atoms with E-state index < -0.39 is 0 Å². The van der Waals surface area contributed by atoms with Crippen LogP contribution in [-0.2, 0) is 0 Å². The van der Waals surface area contributed by atoms with Crippen LogP contribution in [0, 0.1) is 6.92 Å². The number of rotatable bonds is 5. The molecule has 2 aromatic rings. The summed E-state index contributed by atoms with van der Waals surface area (Å²) in [6.07, 6.45) is 0. The van der Waals surface area contributed by atoms with Crippen molar-refractivity contribution in [3.05, 3.63) is 10.9 Å². The zero-order chi connectivity index (χ0) is 12.3. The van der Waals surface area contributed by atoms with Crippen LogP contribution in [0.1, 0.15) is 4.88 Å². The van der Waals surface area contributed by atoms with Gasteiger partial charge in [-0.05, 0) is 13.0 Å². The summed E-state index contributed by atoms with van der Waals surface area (Å²) < 4.78 is 10.2. The third kappa shape index (κ3) is 2.56. The maximum absolute atomic E-state index is 8.67. The molecule has 2 N–H and O–H groups in total. The van der Waals surface area contributed by atoms with Crippen molar-refractivity contribution in [2.45, 2.75) is 6.92 Å². The van der Waals surface area contributed by atoms with Gasteiger partial charge in [-0.1, -0.05) is 5.16 Å². The van der Waals surface area contributed by atoms with Gasteiger partial charge in [-0.3, -0.25) is 0 Å². The fraction of sp³-hybridized carbons (Fsp3) is 0.400. The second-order valence-corrected chi connectivity index (χ2v) is 4.58. The molecule has 0 aliphatic carbocycles. The Hall–Kier alpha value is -1.60. The van der Waals surface area contributed by atoms with Crippen molar-refractivity contribution in [3.8, 4) is 16.5 Å². The van der Waals surface area contributed by atoms with Crippen molar-refractivity contribution in [3.63, 3.8) is 0 Å². The summed E-state index contributed by atoms with van der Waals surface area (Å²) in [5, 5.41) is 15.3. The standard InChI is InChI=1S/C10H13N3O3S/c1-6-5-7(15-2)8(17-6)9-12-10(16-13-9)11-3-4-14/h5,14H,3-4H2,1-2H3,(H,11,12,13). The van der Waals surface area contributed by atoms with Gasteiger partial charge in [-0.15, -0.1) is 11.3 Å². The lowest BCUT2D eigenvalue weighted by atomic mass is 10.4. The molecule has 7 heteroatoms. The zero-order valence-electron chi connectivity index (χ0n) is 9.56.